The molecule has 2 rings (SSSR count). The number of thiazole rings is 1. The Morgan fingerprint density at radius 2 is 2.08 bits per heavy atom. The third kappa shape index (κ3) is 4.25. The first-order valence-corrected chi connectivity index (χ1v) is 9.80. The van der Waals surface area contributed by atoms with Crippen molar-refractivity contribution in [2.75, 3.05) is 10.9 Å². The first-order chi connectivity index (χ1) is 11.8. The summed E-state index contributed by atoms with van der Waals surface area (Å²) in [6.45, 7) is 1.84. The van der Waals surface area contributed by atoms with E-state index in [2.05, 4.69) is 4.98 Å². The van der Waals surface area contributed by atoms with Gasteiger partial charge in [0.25, 0.3) is 10.0 Å². The molecule has 0 radical (unpaired) electrons. The van der Waals surface area contributed by atoms with E-state index < -0.39 is 37.7 Å². The lowest BCUT2D eigenvalue weighted by Gasteiger charge is -2.20. The fourth-order valence-corrected chi connectivity index (χ4v) is 3.96. The van der Waals surface area contributed by atoms with Crippen LogP contribution in [0.5, 0.6) is 0 Å². The highest BCUT2D eigenvalue weighted by Gasteiger charge is 2.36. The van der Waals surface area contributed by atoms with Crippen LogP contribution in [0.2, 0.25) is 5.02 Å². The van der Waals surface area contributed by atoms with Crippen molar-refractivity contribution in [2.24, 2.45) is 0 Å². The zero-order valence-corrected chi connectivity index (χ0v) is 15.3. The van der Waals surface area contributed by atoms with E-state index in [1.54, 1.807) is 0 Å². The minimum Gasteiger partial charge on any atom is -0.448 e. The van der Waals surface area contributed by atoms with Crippen LogP contribution in [0.1, 0.15) is 19.8 Å². The normalized spacial score (nSPS) is 11.4. The van der Waals surface area contributed by atoms with Gasteiger partial charge in [-0.05, 0) is 12.5 Å². The number of aromatic nitrogens is 1. The molecule has 0 aliphatic carbocycles. The third-order valence-electron chi connectivity index (χ3n) is 3.01. The molecule has 1 aromatic carbocycles. The molecule has 0 bridgehead atoms. The van der Waals surface area contributed by atoms with Crippen LogP contribution < -0.4 is 4.31 Å². The van der Waals surface area contributed by atoms with E-state index in [9.17, 15) is 22.0 Å². The number of rotatable bonds is 6. The second-order valence-corrected chi connectivity index (χ2v) is 7.66. The van der Waals surface area contributed by atoms with Crippen LogP contribution >= 0.6 is 22.9 Å². The molecule has 1 amide bonds. The molecular weight excluding hydrogens is 398 g/mol. The number of hydrogen-bond donors (Lipinski definition) is 0. The second kappa shape index (κ2) is 8.07. The van der Waals surface area contributed by atoms with Crippen LogP contribution in [-0.4, -0.2) is 26.1 Å². The largest absolute Gasteiger partial charge is 0.448 e. The van der Waals surface area contributed by atoms with E-state index in [0.717, 1.165) is 17.8 Å². The smallest absolute Gasteiger partial charge is 0.429 e. The molecule has 6 nitrogen and oxygen atoms in total. The summed E-state index contributed by atoms with van der Waals surface area (Å²) >= 11 is 6.58. The van der Waals surface area contributed by atoms with Crippen LogP contribution in [0.3, 0.4) is 0 Å². The molecule has 1 aromatic heterocycles. The number of ether oxygens (including phenoxy) is 1. The summed E-state index contributed by atoms with van der Waals surface area (Å²) in [7, 11) is -4.75. The lowest BCUT2D eigenvalue weighted by molar-refractivity contribution is 0.156. The van der Waals surface area contributed by atoms with Crippen molar-refractivity contribution in [2.45, 2.75) is 24.7 Å². The number of benzene rings is 1. The Morgan fingerprint density at radius 3 is 2.68 bits per heavy atom. The summed E-state index contributed by atoms with van der Waals surface area (Å²) in [5.74, 6) is -2.77. The van der Waals surface area contributed by atoms with Gasteiger partial charge in [0.15, 0.2) is 5.82 Å². The number of amides is 1. The first kappa shape index (κ1) is 19.5. The molecule has 0 aliphatic rings. The molecule has 0 atom stereocenters. The van der Waals surface area contributed by atoms with Gasteiger partial charge in [0, 0.05) is 11.4 Å². The maximum Gasteiger partial charge on any atom is 0.429 e. The van der Waals surface area contributed by atoms with E-state index >= 15 is 0 Å². The predicted molar refractivity (Wildman–Crippen MR) is 89.4 cm³/mol. The number of halogens is 3. The second-order valence-electron chi connectivity index (χ2n) is 4.78. The predicted octanol–water partition coefficient (Wildman–Crippen LogP) is 4.21. The Labute approximate surface area is 152 Å². The molecule has 0 saturated heterocycles. The minimum atomic E-state index is -4.75. The van der Waals surface area contributed by atoms with Crippen LogP contribution in [-0.2, 0) is 14.8 Å². The Bertz CT molecular complexity index is 860. The van der Waals surface area contributed by atoms with Gasteiger partial charge in [-0.15, -0.1) is 15.6 Å². The van der Waals surface area contributed by atoms with E-state index in [1.807, 2.05) is 6.92 Å². The average molecular weight is 411 g/mol. The van der Waals surface area contributed by atoms with Gasteiger partial charge in [0.1, 0.15) is 16.5 Å². The van der Waals surface area contributed by atoms with Gasteiger partial charge < -0.3 is 4.74 Å². The van der Waals surface area contributed by atoms with Gasteiger partial charge in [0.2, 0.25) is 0 Å². The molecule has 0 fully saturated rings. The van der Waals surface area contributed by atoms with E-state index in [0.29, 0.717) is 18.6 Å². The van der Waals surface area contributed by atoms with Crippen molar-refractivity contribution in [3.05, 3.63) is 39.7 Å². The quantitative estimate of drug-likeness (QED) is 0.526. The molecule has 136 valence electrons. The zero-order chi connectivity index (χ0) is 18.6. The SMILES string of the molecule is CCCCOC(=O)N(c1cscn1)S(=O)(=O)c1cc(Cl)c(F)cc1F. The molecular formula is C14H13ClF2N2O4S2. The molecule has 25 heavy (non-hydrogen) atoms. The van der Waals surface area contributed by atoms with Crippen molar-refractivity contribution in [1.29, 1.82) is 0 Å². The maximum absolute atomic E-state index is 14.0. The molecule has 11 heteroatoms. The summed E-state index contributed by atoms with van der Waals surface area (Å²) < 4.78 is 58.0. The van der Waals surface area contributed by atoms with Gasteiger partial charge in [-0.2, -0.15) is 0 Å². The lowest BCUT2D eigenvalue weighted by atomic mass is 10.3. The van der Waals surface area contributed by atoms with Crippen molar-refractivity contribution in [1.82, 2.24) is 4.98 Å². The highest BCUT2D eigenvalue weighted by atomic mass is 35.5. The highest BCUT2D eigenvalue weighted by molar-refractivity contribution is 7.93. The first-order valence-electron chi connectivity index (χ1n) is 7.03. The molecule has 0 spiro atoms. The number of sulfonamides is 1. The Balaban J connectivity index is 2.49. The molecule has 0 saturated carbocycles. The third-order valence-corrected chi connectivity index (χ3v) is 5.56. The van der Waals surface area contributed by atoms with Crippen LogP contribution in [0.15, 0.2) is 27.9 Å². The van der Waals surface area contributed by atoms with Gasteiger partial charge >= 0.3 is 6.09 Å². The summed E-state index contributed by atoms with van der Waals surface area (Å²) in [5, 5.41) is 0.680. The van der Waals surface area contributed by atoms with Gasteiger partial charge in [0.05, 0.1) is 17.1 Å². The monoisotopic (exact) mass is 410 g/mol. The number of unbranched alkanes of at least 4 members (excludes halogenated alkanes) is 1. The van der Waals surface area contributed by atoms with Crippen molar-refractivity contribution in [3.8, 4) is 0 Å². The highest BCUT2D eigenvalue weighted by Crippen LogP contribution is 2.29. The van der Waals surface area contributed by atoms with E-state index in [4.69, 9.17) is 16.3 Å². The van der Waals surface area contributed by atoms with E-state index in [1.165, 1.54) is 10.9 Å². The van der Waals surface area contributed by atoms with Gasteiger partial charge in [-0.1, -0.05) is 24.9 Å². The topological polar surface area (TPSA) is 76.6 Å². The maximum atomic E-state index is 14.0. The molecule has 2 aromatic rings. The standard InChI is InChI=1S/C14H13ClF2N2O4S2/c1-2-3-4-23-14(20)19(13-7-24-8-18-13)25(21,22)12-5-9(15)10(16)6-11(12)17/h5-8H,2-4H2,1H3. The minimum absolute atomic E-state index is 0.0157. The number of nitrogens with zero attached hydrogens (tertiary/aromatic N) is 2. The van der Waals surface area contributed by atoms with Crippen molar-refractivity contribution in [3.63, 3.8) is 0 Å². The van der Waals surface area contributed by atoms with Crippen LogP contribution in [0.4, 0.5) is 19.4 Å². The van der Waals surface area contributed by atoms with Crippen molar-refractivity contribution < 1.29 is 26.7 Å². The summed E-state index contributed by atoms with van der Waals surface area (Å²) in [6.07, 6.45) is 0.00557. The Morgan fingerprint density at radius 1 is 1.36 bits per heavy atom. The average Bonchev–Trinajstić information content (AvgIpc) is 3.04. The van der Waals surface area contributed by atoms with Gasteiger partial charge in [-0.3, -0.25) is 0 Å². The molecule has 0 N–H and O–H groups in total. The fraction of sp³-hybridized carbons (Fsp3) is 0.286. The molecule has 0 unspecified atom stereocenters. The number of carbonyl (C=O) groups is 1. The molecule has 0 aliphatic heterocycles. The van der Waals surface area contributed by atoms with Gasteiger partial charge in [-0.25, -0.2) is 27.0 Å². The fourth-order valence-electron chi connectivity index (χ4n) is 1.78. The summed E-state index contributed by atoms with van der Waals surface area (Å²) in [5.41, 5.74) is 1.30. The van der Waals surface area contributed by atoms with E-state index in [-0.39, 0.29) is 16.7 Å². The number of carbonyl (C=O) groups excluding carboxylic acids is 1. The number of anilines is 1. The van der Waals surface area contributed by atoms with Crippen LogP contribution in [0.25, 0.3) is 0 Å². The number of hydrogen-bond acceptors (Lipinski definition) is 6. The Hall–Kier alpha value is -1.78. The Kier molecular flexibility index (Phi) is 6.31. The van der Waals surface area contributed by atoms with Crippen molar-refractivity contribution >= 4 is 44.9 Å². The molecule has 1 heterocycles. The summed E-state index contributed by atoms with van der Waals surface area (Å²) in [4.78, 5) is 15.1. The zero-order valence-electron chi connectivity index (χ0n) is 12.9. The summed E-state index contributed by atoms with van der Waals surface area (Å²) in [6, 6.07) is 0.928. The van der Waals surface area contributed by atoms with Crippen LogP contribution in [0, 0.1) is 11.6 Å². The lowest BCUT2D eigenvalue weighted by Crippen LogP contribution is -2.38.